The van der Waals surface area contributed by atoms with Gasteiger partial charge in [-0.25, -0.2) is 13.8 Å². The highest BCUT2D eigenvalue weighted by atomic mass is 19.3. The minimum absolute atomic E-state index is 0.129. The Morgan fingerprint density at radius 3 is 2.62 bits per heavy atom. The second-order valence-corrected chi connectivity index (χ2v) is 2.59. The number of amides is 1. The minimum atomic E-state index is -2.61. The normalized spacial score (nSPS) is 10.5. The Hall–Kier alpha value is -1.52. The van der Waals surface area contributed by atoms with Crippen molar-refractivity contribution >= 4 is 5.91 Å². The van der Waals surface area contributed by atoms with E-state index in [0.717, 1.165) is 6.07 Å². The molecule has 1 aromatic heterocycles. The lowest BCUT2D eigenvalue weighted by molar-refractivity contribution is 0.0994. The van der Waals surface area contributed by atoms with E-state index in [4.69, 9.17) is 5.73 Å². The van der Waals surface area contributed by atoms with Crippen LogP contribution in [0.4, 0.5) is 8.78 Å². The summed E-state index contributed by atoms with van der Waals surface area (Å²) in [5.74, 6) is -0.800. The summed E-state index contributed by atoms with van der Waals surface area (Å²) >= 11 is 0. The van der Waals surface area contributed by atoms with Crippen molar-refractivity contribution in [2.24, 2.45) is 5.73 Å². The van der Waals surface area contributed by atoms with E-state index in [1.165, 1.54) is 13.0 Å². The van der Waals surface area contributed by atoms with Gasteiger partial charge in [0.1, 0.15) is 5.69 Å². The lowest BCUT2D eigenvalue weighted by atomic mass is 10.2. The van der Waals surface area contributed by atoms with Crippen molar-refractivity contribution in [3.63, 3.8) is 0 Å². The van der Waals surface area contributed by atoms with Crippen molar-refractivity contribution in [1.82, 2.24) is 4.98 Å². The Labute approximate surface area is 73.6 Å². The van der Waals surface area contributed by atoms with E-state index in [0.29, 0.717) is 5.69 Å². The van der Waals surface area contributed by atoms with E-state index in [-0.39, 0.29) is 11.3 Å². The summed E-state index contributed by atoms with van der Waals surface area (Å²) in [6.07, 6.45) is -2.61. The van der Waals surface area contributed by atoms with E-state index < -0.39 is 12.3 Å². The zero-order valence-electron chi connectivity index (χ0n) is 6.92. The first-order chi connectivity index (χ1) is 6.00. The Kier molecular flexibility index (Phi) is 2.55. The molecular formula is C8H8F2N2O. The van der Waals surface area contributed by atoms with Crippen molar-refractivity contribution in [3.8, 4) is 0 Å². The Balaban J connectivity index is 3.19. The number of primary amides is 1. The summed E-state index contributed by atoms with van der Waals surface area (Å²) in [7, 11) is 0. The number of halogens is 2. The molecule has 13 heavy (non-hydrogen) atoms. The first kappa shape index (κ1) is 9.57. The quantitative estimate of drug-likeness (QED) is 0.759. The highest BCUT2D eigenvalue weighted by Crippen LogP contribution is 2.19. The van der Waals surface area contributed by atoms with E-state index in [9.17, 15) is 13.6 Å². The van der Waals surface area contributed by atoms with Gasteiger partial charge in [0.25, 0.3) is 12.3 Å². The van der Waals surface area contributed by atoms with Gasteiger partial charge in [0.05, 0.1) is 0 Å². The summed E-state index contributed by atoms with van der Waals surface area (Å²) in [5.41, 5.74) is 4.89. The number of hydrogen-bond acceptors (Lipinski definition) is 2. The fraction of sp³-hybridized carbons (Fsp3) is 0.250. The molecule has 2 N–H and O–H groups in total. The molecule has 0 aliphatic carbocycles. The molecular weight excluding hydrogens is 178 g/mol. The van der Waals surface area contributed by atoms with Crippen molar-refractivity contribution in [1.29, 1.82) is 0 Å². The number of nitrogens with two attached hydrogens (primary N) is 1. The minimum Gasteiger partial charge on any atom is -0.364 e. The number of aromatic nitrogens is 1. The van der Waals surface area contributed by atoms with Gasteiger partial charge in [-0.1, -0.05) is 0 Å². The number of aryl methyl sites for hydroxylation is 1. The SMILES string of the molecule is Cc1cc(C(F)F)cc(C(N)=O)n1. The maximum atomic E-state index is 12.2. The fourth-order valence-corrected chi connectivity index (χ4v) is 0.947. The largest absolute Gasteiger partial charge is 0.364 e. The lowest BCUT2D eigenvalue weighted by Gasteiger charge is -2.02. The average Bonchev–Trinajstić information content (AvgIpc) is 2.03. The Morgan fingerprint density at radius 2 is 2.15 bits per heavy atom. The molecule has 1 heterocycles. The molecule has 0 radical (unpaired) electrons. The van der Waals surface area contributed by atoms with Gasteiger partial charge < -0.3 is 5.73 Å². The molecule has 0 aromatic carbocycles. The zero-order chi connectivity index (χ0) is 10.0. The van der Waals surface area contributed by atoms with E-state index in [1.807, 2.05) is 0 Å². The van der Waals surface area contributed by atoms with Crippen LogP contribution in [0.1, 0.15) is 28.2 Å². The van der Waals surface area contributed by atoms with E-state index in [2.05, 4.69) is 4.98 Å². The predicted octanol–water partition coefficient (Wildman–Crippen LogP) is 1.43. The summed E-state index contributed by atoms with van der Waals surface area (Å²) in [6.45, 7) is 1.53. The lowest BCUT2D eigenvalue weighted by Crippen LogP contribution is -2.14. The Bertz CT molecular complexity index is 339. The molecule has 1 rings (SSSR count). The number of carbonyl (C=O) groups is 1. The van der Waals surface area contributed by atoms with E-state index in [1.54, 1.807) is 0 Å². The van der Waals surface area contributed by atoms with Crippen molar-refractivity contribution in [3.05, 3.63) is 29.1 Å². The molecule has 1 aromatic rings. The maximum absolute atomic E-state index is 12.2. The third kappa shape index (κ3) is 2.21. The molecule has 0 aliphatic rings. The van der Waals surface area contributed by atoms with Gasteiger partial charge in [0.2, 0.25) is 0 Å². The van der Waals surface area contributed by atoms with Crippen LogP contribution in [0.2, 0.25) is 0 Å². The zero-order valence-corrected chi connectivity index (χ0v) is 6.92. The summed E-state index contributed by atoms with van der Waals surface area (Å²) < 4.78 is 24.4. The monoisotopic (exact) mass is 186 g/mol. The van der Waals surface area contributed by atoms with E-state index >= 15 is 0 Å². The van der Waals surface area contributed by atoms with Crippen LogP contribution in [0.25, 0.3) is 0 Å². The molecule has 0 atom stereocenters. The Morgan fingerprint density at radius 1 is 1.54 bits per heavy atom. The van der Waals surface area contributed by atoms with Crippen LogP contribution < -0.4 is 5.73 Å². The molecule has 0 unspecified atom stereocenters. The van der Waals surface area contributed by atoms with Crippen LogP contribution in [-0.2, 0) is 0 Å². The summed E-state index contributed by atoms with van der Waals surface area (Å²) in [4.78, 5) is 14.4. The predicted molar refractivity (Wildman–Crippen MR) is 42.4 cm³/mol. The first-order valence-electron chi connectivity index (χ1n) is 3.57. The van der Waals surface area contributed by atoms with Crippen LogP contribution in [0.3, 0.4) is 0 Å². The van der Waals surface area contributed by atoms with Gasteiger partial charge in [-0.3, -0.25) is 4.79 Å². The van der Waals surface area contributed by atoms with Crippen molar-refractivity contribution in [2.45, 2.75) is 13.3 Å². The third-order valence-electron chi connectivity index (χ3n) is 1.48. The molecule has 3 nitrogen and oxygen atoms in total. The van der Waals surface area contributed by atoms with Crippen molar-refractivity contribution < 1.29 is 13.6 Å². The molecule has 1 amide bonds. The standard InChI is InChI=1S/C8H8F2N2O/c1-4-2-5(7(9)10)3-6(12-4)8(11)13/h2-3,7H,1H3,(H2,11,13). The number of rotatable bonds is 2. The highest BCUT2D eigenvalue weighted by molar-refractivity contribution is 5.90. The number of alkyl halides is 2. The molecule has 0 fully saturated rings. The van der Waals surface area contributed by atoms with Gasteiger partial charge in [-0.15, -0.1) is 0 Å². The van der Waals surface area contributed by atoms with Crippen molar-refractivity contribution in [2.75, 3.05) is 0 Å². The first-order valence-corrected chi connectivity index (χ1v) is 3.57. The molecule has 0 saturated carbocycles. The van der Waals surface area contributed by atoms with Gasteiger partial charge in [0.15, 0.2) is 0 Å². The summed E-state index contributed by atoms with van der Waals surface area (Å²) in [5, 5.41) is 0. The highest BCUT2D eigenvalue weighted by Gasteiger charge is 2.11. The molecule has 5 heteroatoms. The van der Waals surface area contributed by atoms with Gasteiger partial charge in [-0.05, 0) is 19.1 Å². The number of pyridine rings is 1. The second kappa shape index (κ2) is 3.47. The molecule has 0 aliphatic heterocycles. The van der Waals surface area contributed by atoms with Gasteiger partial charge >= 0.3 is 0 Å². The molecule has 0 bridgehead atoms. The summed E-state index contributed by atoms with van der Waals surface area (Å²) in [6, 6.07) is 2.22. The van der Waals surface area contributed by atoms with Gasteiger partial charge in [-0.2, -0.15) is 0 Å². The van der Waals surface area contributed by atoms with Crippen LogP contribution >= 0.6 is 0 Å². The number of nitrogens with zero attached hydrogens (tertiary/aromatic N) is 1. The second-order valence-electron chi connectivity index (χ2n) is 2.59. The molecule has 70 valence electrons. The van der Waals surface area contributed by atoms with Crippen LogP contribution in [0.5, 0.6) is 0 Å². The van der Waals surface area contributed by atoms with Crippen LogP contribution in [-0.4, -0.2) is 10.9 Å². The number of hydrogen-bond donors (Lipinski definition) is 1. The number of carbonyl (C=O) groups excluding carboxylic acids is 1. The van der Waals surface area contributed by atoms with Crippen LogP contribution in [0.15, 0.2) is 12.1 Å². The molecule has 0 spiro atoms. The average molecular weight is 186 g/mol. The third-order valence-corrected chi connectivity index (χ3v) is 1.48. The van der Waals surface area contributed by atoms with Gasteiger partial charge in [0, 0.05) is 11.3 Å². The smallest absolute Gasteiger partial charge is 0.267 e. The molecule has 0 saturated heterocycles. The van der Waals surface area contributed by atoms with Crippen LogP contribution in [0, 0.1) is 6.92 Å². The fourth-order valence-electron chi connectivity index (χ4n) is 0.947. The topological polar surface area (TPSA) is 56.0 Å². The maximum Gasteiger partial charge on any atom is 0.267 e.